The number of aryl methyl sites for hydroxylation is 1. The monoisotopic (exact) mass is 488 g/mol. The highest BCUT2D eigenvalue weighted by Gasteiger charge is 2.14. The lowest BCUT2D eigenvalue weighted by Crippen LogP contribution is -2.12. The van der Waals surface area contributed by atoms with Crippen molar-refractivity contribution in [2.24, 2.45) is 0 Å². The molecule has 0 radical (unpaired) electrons. The summed E-state index contributed by atoms with van der Waals surface area (Å²) in [7, 11) is 0. The second kappa shape index (κ2) is 7.32. The van der Waals surface area contributed by atoms with Crippen LogP contribution in [0.15, 0.2) is 65.1 Å². The number of benzene rings is 3. The summed E-state index contributed by atoms with van der Waals surface area (Å²) in [5, 5.41) is 3.28. The standard InChI is InChI=1S/C21H14ClIN2O2/c1-12-4-2-3-5-15(12)21-25-18-11-14(7-9-19(18)27-21)24-20(26)16-10-13(23)6-8-17(16)22/h2-11H,1H3,(H,24,26). The Morgan fingerprint density at radius 2 is 1.93 bits per heavy atom. The van der Waals surface area contributed by atoms with Gasteiger partial charge in [0, 0.05) is 14.8 Å². The van der Waals surface area contributed by atoms with Crippen molar-refractivity contribution in [1.29, 1.82) is 0 Å². The van der Waals surface area contributed by atoms with Gasteiger partial charge in [-0.1, -0.05) is 29.8 Å². The van der Waals surface area contributed by atoms with Crippen LogP contribution in [0, 0.1) is 10.5 Å². The molecular weight excluding hydrogens is 475 g/mol. The number of hydrogen-bond acceptors (Lipinski definition) is 3. The summed E-state index contributed by atoms with van der Waals surface area (Å²) < 4.78 is 6.81. The molecule has 0 fully saturated rings. The van der Waals surface area contributed by atoms with Crippen LogP contribution in [-0.2, 0) is 0 Å². The van der Waals surface area contributed by atoms with Crippen LogP contribution >= 0.6 is 34.2 Å². The van der Waals surface area contributed by atoms with Crippen molar-refractivity contribution in [3.8, 4) is 11.5 Å². The van der Waals surface area contributed by atoms with Gasteiger partial charge >= 0.3 is 0 Å². The molecule has 0 aliphatic heterocycles. The van der Waals surface area contributed by atoms with Gasteiger partial charge in [0.05, 0.1) is 10.6 Å². The molecule has 1 N–H and O–H groups in total. The van der Waals surface area contributed by atoms with Gasteiger partial charge in [0.25, 0.3) is 5.91 Å². The van der Waals surface area contributed by atoms with Gasteiger partial charge in [-0.25, -0.2) is 4.98 Å². The minimum Gasteiger partial charge on any atom is -0.436 e. The fourth-order valence-corrected chi connectivity index (χ4v) is 3.50. The van der Waals surface area contributed by atoms with Gasteiger partial charge in [-0.15, -0.1) is 0 Å². The Morgan fingerprint density at radius 1 is 1.11 bits per heavy atom. The summed E-state index contributed by atoms with van der Waals surface area (Å²) in [6.45, 7) is 2.01. The fraction of sp³-hybridized carbons (Fsp3) is 0.0476. The maximum Gasteiger partial charge on any atom is 0.257 e. The van der Waals surface area contributed by atoms with Crippen LogP contribution in [0.1, 0.15) is 15.9 Å². The first-order valence-electron chi connectivity index (χ1n) is 8.24. The molecule has 0 unspecified atom stereocenters. The first-order valence-corrected chi connectivity index (χ1v) is 9.70. The molecule has 1 aromatic heterocycles. The molecular formula is C21H14ClIN2O2. The zero-order valence-electron chi connectivity index (χ0n) is 14.3. The number of carbonyl (C=O) groups excluding carboxylic acids is 1. The van der Waals surface area contributed by atoms with E-state index in [-0.39, 0.29) is 5.91 Å². The molecule has 4 aromatic rings. The van der Waals surface area contributed by atoms with Crippen molar-refractivity contribution in [3.63, 3.8) is 0 Å². The third-order valence-corrected chi connectivity index (χ3v) is 5.19. The molecule has 3 aromatic carbocycles. The quantitative estimate of drug-likeness (QED) is 0.344. The van der Waals surface area contributed by atoms with E-state index in [0.29, 0.717) is 33.3 Å². The smallest absolute Gasteiger partial charge is 0.257 e. The minimum atomic E-state index is -0.263. The first kappa shape index (κ1) is 18.0. The molecule has 1 heterocycles. The van der Waals surface area contributed by atoms with E-state index in [0.717, 1.165) is 14.7 Å². The highest BCUT2D eigenvalue weighted by Crippen LogP contribution is 2.28. The molecule has 0 aliphatic carbocycles. The van der Waals surface area contributed by atoms with Gasteiger partial charge in [0.1, 0.15) is 5.52 Å². The Balaban J connectivity index is 1.65. The van der Waals surface area contributed by atoms with Crippen molar-refractivity contribution in [1.82, 2.24) is 4.98 Å². The van der Waals surface area contributed by atoms with Crippen molar-refractivity contribution < 1.29 is 9.21 Å². The van der Waals surface area contributed by atoms with Crippen molar-refractivity contribution in [2.45, 2.75) is 6.92 Å². The Bertz CT molecular complexity index is 1170. The van der Waals surface area contributed by atoms with E-state index in [9.17, 15) is 4.79 Å². The summed E-state index contributed by atoms with van der Waals surface area (Å²) in [5.74, 6) is 0.299. The van der Waals surface area contributed by atoms with E-state index in [1.807, 2.05) is 37.3 Å². The lowest BCUT2D eigenvalue weighted by molar-refractivity contribution is 0.102. The molecule has 1 amide bonds. The van der Waals surface area contributed by atoms with Gasteiger partial charge in [-0.2, -0.15) is 0 Å². The van der Waals surface area contributed by atoms with E-state index in [1.165, 1.54) is 0 Å². The van der Waals surface area contributed by atoms with Crippen molar-refractivity contribution in [2.75, 3.05) is 5.32 Å². The van der Waals surface area contributed by atoms with E-state index < -0.39 is 0 Å². The Kier molecular flexibility index (Phi) is 4.88. The number of anilines is 1. The first-order chi connectivity index (χ1) is 13.0. The Labute approximate surface area is 174 Å². The minimum absolute atomic E-state index is 0.263. The number of amides is 1. The van der Waals surface area contributed by atoms with Crippen LogP contribution in [0.25, 0.3) is 22.6 Å². The third-order valence-electron chi connectivity index (χ3n) is 4.19. The normalized spacial score (nSPS) is 10.9. The molecule has 4 nitrogen and oxygen atoms in total. The van der Waals surface area contributed by atoms with E-state index in [1.54, 1.807) is 30.3 Å². The summed E-state index contributed by atoms with van der Waals surface area (Å²) in [5.41, 5.74) is 4.45. The van der Waals surface area contributed by atoms with Gasteiger partial charge in [-0.05, 0) is 77.5 Å². The van der Waals surface area contributed by atoms with Crippen LogP contribution in [0.2, 0.25) is 5.02 Å². The van der Waals surface area contributed by atoms with Crippen molar-refractivity contribution in [3.05, 3.63) is 80.4 Å². The van der Waals surface area contributed by atoms with Crippen LogP contribution < -0.4 is 5.32 Å². The molecule has 27 heavy (non-hydrogen) atoms. The van der Waals surface area contributed by atoms with Crippen LogP contribution in [0.4, 0.5) is 5.69 Å². The molecule has 0 atom stereocenters. The zero-order valence-corrected chi connectivity index (χ0v) is 17.2. The molecule has 0 aliphatic rings. The Hall–Kier alpha value is -2.38. The summed E-state index contributed by atoms with van der Waals surface area (Å²) in [6, 6.07) is 18.6. The average molecular weight is 489 g/mol. The summed E-state index contributed by atoms with van der Waals surface area (Å²) >= 11 is 8.29. The number of nitrogens with zero attached hydrogens (tertiary/aromatic N) is 1. The number of halogens is 2. The highest BCUT2D eigenvalue weighted by atomic mass is 127. The predicted octanol–water partition coefficient (Wildman–Crippen LogP) is 6.31. The van der Waals surface area contributed by atoms with Crippen molar-refractivity contribution >= 4 is 56.9 Å². The van der Waals surface area contributed by atoms with Gasteiger partial charge < -0.3 is 9.73 Å². The van der Waals surface area contributed by atoms with Crippen LogP contribution in [-0.4, -0.2) is 10.9 Å². The number of rotatable bonds is 3. The third kappa shape index (κ3) is 3.70. The largest absolute Gasteiger partial charge is 0.436 e. The lowest BCUT2D eigenvalue weighted by atomic mass is 10.1. The summed E-state index contributed by atoms with van der Waals surface area (Å²) in [4.78, 5) is 17.1. The lowest BCUT2D eigenvalue weighted by Gasteiger charge is -2.07. The SMILES string of the molecule is Cc1ccccc1-c1nc2cc(NC(=O)c3cc(I)ccc3Cl)ccc2o1. The molecule has 0 saturated carbocycles. The van der Waals surface area contributed by atoms with E-state index >= 15 is 0 Å². The molecule has 4 rings (SSSR count). The zero-order chi connectivity index (χ0) is 19.0. The van der Waals surface area contributed by atoms with Gasteiger partial charge in [0.15, 0.2) is 5.58 Å². The second-order valence-electron chi connectivity index (χ2n) is 6.09. The number of aromatic nitrogens is 1. The number of fused-ring (bicyclic) bond motifs is 1. The number of hydrogen-bond donors (Lipinski definition) is 1. The maximum atomic E-state index is 12.6. The topological polar surface area (TPSA) is 55.1 Å². The summed E-state index contributed by atoms with van der Waals surface area (Å²) in [6.07, 6.45) is 0. The average Bonchev–Trinajstić information content (AvgIpc) is 3.07. The molecule has 0 saturated heterocycles. The predicted molar refractivity (Wildman–Crippen MR) is 116 cm³/mol. The maximum absolute atomic E-state index is 12.6. The van der Waals surface area contributed by atoms with Gasteiger partial charge in [-0.3, -0.25) is 4.79 Å². The number of oxazole rings is 1. The van der Waals surface area contributed by atoms with E-state index in [4.69, 9.17) is 16.0 Å². The molecule has 0 bridgehead atoms. The molecule has 6 heteroatoms. The highest BCUT2D eigenvalue weighted by molar-refractivity contribution is 14.1. The molecule has 134 valence electrons. The second-order valence-corrected chi connectivity index (χ2v) is 7.75. The molecule has 0 spiro atoms. The number of nitrogens with one attached hydrogen (secondary N) is 1. The number of carbonyl (C=O) groups is 1. The van der Waals surface area contributed by atoms with Gasteiger partial charge in [0.2, 0.25) is 5.89 Å². The van der Waals surface area contributed by atoms with Crippen LogP contribution in [0.5, 0.6) is 0 Å². The van der Waals surface area contributed by atoms with Crippen LogP contribution in [0.3, 0.4) is 0 Å². The fourth-order valence-electron chi connectivity index (χ4n) is 2.80. The Morgan fingerprint density at radius 3 is 2.74 bits per heavy atom. The van der Waals surface area contributed by atoms with E-state index in [2.05, 4.69) is 32.9 Å².